The number of rotatable bonds is 2. The summed E-state index contributed by atoms with van der Waals surface area (Å²) in [5.41, 5.74) is -2.06. The second kappa shape index (κ2) is 6.61. The van der Waals surface area contributed by atoms with Crippen molar-refractivity contribution in [3.05, 3.63) is 68.8 Å². The van der Waals surface area contributed by atoms with Crippen molar-refractivity contribution in [3.8, 4) is 17.4 Å². The molecule has 0 fully saturated rings. The van der Waals surface area contributed by atoms with E-state index < -0.39 is 17.5 Å². The van der Waals surface area contributed by atoms with Crippen molar-refractivity contribution in [1.82, 2.24) is 19.7 Å². The van der Waals surface area contributed by atoms with Crippen LogP contribution in [0.4, 0.5) is 13.2 Å². The maximum atomic E-state index is 13.2. The van der Waals surface area contributed by atoms with Crippen molar-refractivity contribution in [2.24, 2.45) is 0 Å². The van der Waals surface area contributed by atoms with Gasteiger partial charge in [-0.15, -0.1) is 0 Å². The largest absolute Gasteiger partial charge is 0.435 e. The molecule has 3 aromatic heterocycles. The first-order valence-corrected chi connectivity index (χ1v) is 8.38. The zero-order valence-electron chi connectivity index (χ0n) is 13.5. The van der Waals surface area contributed by atoms with Gasteiger partial charge in [0, 0.05) is 17.3 Å². The van der Waals surface area contributed by atoms with E-state index in [-0.39, 0.29) is 33.3 Å². The van der Waals surface area contributed by atoms with Crippen LogP contribution in [0, 0.1) is 0 Å². The number of halogens is 5. The summed E-state index contributed by atoms with van der Waals surface area (Å²) < 4.78 is 45.7. The van der Waals surface area contributed by atoms with Crippen LogP contribution in [0.2, 0.25) is 10.0 Å². The summed E-state index contributed by atoms with van der Waals surface area (Å²) in [4.78, 5) is 20.4. The molecule has 0 amide bonds. The molecule has 0 spiro atoms. The number of hydrogen-bond acceptors (Lipinski definition) is 5. The lowest BCUT2D eigenvalue weighted by Crippen LogP contribution is -2.09. The van der Waals surface area contributed by atoms with Crippen molar-refractivity contribution < 1.29 is 17.6 Å². The Morgan fingerprint density at radius 3 is 2.61 bits per heavy atom. The monoisotopic (exact) mass is 426 g/mol. The van der Waals surface area contributed by atoms with Crippen LogP contribution in [0.25, 0.3) is 28.3 Å². The summed E-state index contributed by atoms with van der Waals surface area (Å²) in [7, 11) is 0. The molecule has 0 unspecified atom stereocenters. The summed E-state index contributed by atoms with van der Waals surface area (Å²) in [5.74, 6) is -0.445. The lowest BCUT2D eigenvalue weighted by atomic mass is 10.2. The highest BCUT2D eigenvalue weighted by Crippen LogP contribution is 2.33. The van der Waals surface area contributed by atoms with E-state index in [0.29, 0.717) is 11.1 Å². The molecule has 6 nitrogen and oxygen atoms in total. The van der Waals surface area contributed by atoms with Crippen LogP contribution < -0.4 is 5.63 Å². The molecular weight excluding hydrogens is 420 g/mol. The molecule has 1 aromatic carbocycles. The van der Waals surface area contributed by atoms with Gasteiger partial charge < -0.3 is 4.42 Å². The van der Waals surface area contributed by atoms with Crippen molar-refractivity contribution in [2.75, 3.05) is 0 Å². The van der Waals surface area contributed by atoms with Gasteiger partial charge in [0.15, 0.2) is 11.5 Å². The predicted octanol–water partition coefficient (Wildman–Crippen LogP) is 4.76. The normalized spacial score (nSPS) is 11.9. The Morgan fingerprint density at radius 2 is 1.89 bits per heavy atom. The predicted molar refractivity (Wildman–Crippen MR) is 95.7 cm³/mol. The molecule has 142 valence electrons. The zero-order valence-corrected chi connectivity index (χ0v) is 15.0. The van der Waals surface area contributed by atoms with Crippen molar-refractivity contribution >= 4 is 34.1 Å². The molecule has 0 aliphatic carbocycles. The second-order valence-corrected chi connectivity index (χ2v) is 6.44. The Hall–Kier alpha value is -2.91. The summed E-state index contributed by atoms with van der Waals surface area (Å²) in [6.45, 7) is 0. The average Bonchev–Trinajstić information content (AvgIpc) is 3.08. The second-order valence-electron chi connectivity index (χ2n) is 5.60. The average molecular weight is 427 g/mol. The van der Waals surface area contributed by atoms with Gasteiger partial charge in [0.2, 0.25) is 5.89 Å². The lowest BCUT2D eigenvalue weighted by Gasteiger charge is -2.07. The van der Waals surface area contributed by atoms with Gasteiger partial charge in [-0.2, -0.15) is 18.3 Å². The van der Waals surface area contributed by atoms with Gasteiger partial charge in [-0.05, 0) is 30.3 Å². The Kier molecular flexibility index (Phi) is 4.35. The minimum atomic E-state index is -4.74. The summed E-state index contributed by atoms with van der Waals surface area (Å²) >= 11 is 11.9. The third kappa shape index (κ3) is 3.23. The first-order chi connectivity index (χ1) is 13.2. The fourth-order valence-electron chi connectivity index (χ4n) is 2.52. The molecule has 4 rings (SSSR count). The third-order valence-corrected chi connectivity index (χ3v) is 4.28. The molecule has 0 bridgehead atoms. The maximum absolute atomic E-state index is 13.2. The summed E-state index contributed by atoms with van der Waals surface area (Å²) in [6.07, 6.45) is -3.40. The molecule has 28 heavy (non-hydrogen) atoms. The van der Waals surface area contributed by atoms with E-state index in [0.717, 1.165) is 4.68 Å². The molecular formula is C17H7Cl2F3N4O2. The molecule has 0 saturated heterocycles. The highest BCUT2D eigenvalue weighted by molar-refractivity contribution is 6.32. The maximum Gasteiger partial charge on any atom is 0.435 e. The topological polar surface area (TPSA) is 73.8 Å². The van der Waals surface area contributed by atoms with E-state index in [1.165, 1.54) is 36.5 Å². The minimum Gasteiger partial charge on any atom is -0.401 e. The van der Waals surface area contributed by atoms with Gasteiger partial charge in [0.25, 0.3) is 0 Å². The molecule has 4 aromatic rings. The Morgan fingerprint density at radius 1 is 1.11 bits per heavy atom. The van der Waals surface area contributed by atoms with E-state index in [9.17, 15) is 18.0 Å². The summed E-state index contributed by atoms with van der Waals surface area (Å²) in [5, 5.41) is 3.97. The molecule has 0 N–H and O–H groups in total. The first kappa shape index (κ1) is 18.5. The molecule has 3 heterocycles. The third-order valence-electron chi connectivity index (χ3n) is 3.75. The van der Waals surface area contributed by atoms with Gasteiger partial charge in [0.05, 0.1) is 15.9 Å². The van der Waals surface area contributed by atoms with Crippen LogP contribution in [0.3, 0.4) is 0 Å². The Bertz CT molecular complexity index is 1270. The van der Waals surface area contributed by atoms with Gasteiger partial charge in [0.1, 0.15) is 5.69 Å². The highest BCUT2D eigenvalue weighted by Gasteiger charge is 2.36. The van der Waals surface area contributed by atoms with Gasteiger partial charge >= 0.3 is 11.8 Å². The van der Waals surface area contributed by atoms with Crippen molar-refractivity contribution in [1.29, 1.82) is 0 Å². The smallest absolute Gasteiger partial charge is 0.401 e. The summed E-state index contributed by atoms with van der Waals surface area (Å²) in [6, 6.07) is 7.96. The fourth-order valence-corrected chi connectivity index (χ4v) is 2.89. The molecule has 0 aliphatic heterocycles. The van der Waals surface area contributed by atoms with Crippen LogP contribution in [-0.2, 0) is 6.18 Å². The van der Waals surface area contributed by atoms with Crippen LogP contribution in [-0.4, -0.2) is 19.7 Å². The number of nitrogens with zero attached hydrogens (tertiary/aromatic N) is 4. The van der Waals surface area contributed by atoms with Gasteiger partial charge in [-0.3, -0.25) is 0 Å². The number of hydrogen-bond donors (Lipinski definition) is 0. The number of alkyl halides is 3. The molecule has 0 atom stereocenters. The van der Waals surface area contributed by atoms with E-state index in [1.54, 1.807) is 0 Å². The number of benzene rings is 1. The van der Waals surface area contributed by atoms with Gasteiger partial charge in [-0.1, -0.05) is 23.2 Å². The fraction of sp³-hybridized carbons (Fsp3) is 0.0588. The highest BCUT2D eigenvalue weighted by atomic mass is 35.5. The number of aromatic nitrogens is 4. The first-order valence-electron chi connectivity index (χ1n) is 7.63. The molecule has 11 heteroatoms. The minimum absolute atomic E-state index is 0.0514. The van der Waals surface area contributed by atoms with E-state index in [1.807, 2.05) is 0 Å². The zero-order chi connectivity index (χ0) is 20.1. The van der Waals surface area contributed by atoms with Crippen LogP contribution in [0.5, 0.6) is 0 Å². The van der Waals surface area contributed by atoms with Crippen LogP contribution >= 0.6 is 23.2 Å². The molecule has 0 radical (unpaired) electrons. The standard InChI is InChI=1S/C17H7Cl2F3N4O2/c18-8-3-4-11-9(6-8)16(27)28-15(24-11)12-7-13(17(20,21)22)25-26(12)14-10(19)2-1-5-23-14/h1-7H. The number of fused-ring (bicyclic) bond motifs is 1. The Balaban J connectivity index is 2.01. The van der Waals surface area contributed by atoms with Crippen molar-refractivity contribution in [2.45, 2.75) is 6.18 Å². The van der Waals surface area contributed by atoms with Crippen LogP contribution in [0.15, 0.2) is 51.8 Å². The quantitative estimate of drug-likeness (QED) is 0.461. The number of pyridine rings is 1. The SMILES string of the molecule is O=c1oc(-c2cc(C(F)(F)F)nn2-c2ncccc2Cl)nc2ccc(Cl)cc12. The van der Waals surface area contributed by atoms with Gasteiger partial charge in [-0.25, -0.2) is 19.4 Å². The van der Waals surface area contributed by atoms with E-state index in [4.69, 9.17) is 27.6 Å². The van der Waals surface area contributed by atoms with Crippen molar-refractivity contribution in [3.63, 3.8) is 0 Å². The molecule has 0 aliphatic rings. The lowest BCUT2D eigenvalue weighted by molar-refractivity contribution is -0.141. The van der Waals surface area contributed by atoms with E-state index in [2.05, 4.69) is 15.1 Å². The van der Waals surface area contributed by atoms with E-state index >= 15 is 0 Å². The Labute approximate surface area is 164 Å². The molecule has 0 saturated carbocycles. The van der Waals surface area contributed by atoms with Crippen LogP contribution in [0.1, 0.15) is 5.69 Å².